The van der Waals surface area contributed by atoms with Crippen LogP contribution in [-0.2, 0) is 9.59 Å². The molecular weight excluding hydrogens is 268 g/mol. The van der Waals surface area contributed by atoms with Gasteiger partial charge < -0.3 is 10.2 Å². The highest BCUT2D eigenvalue weighted by atomic mass is 19.3. The minimum absolute atomic E-state index is 0.140. The van der Waals surface area contributed by atoms with Crippen LogP contribution in [0, 0.1) is 5.92 Å². The molecule has 8 heteroatoms. The summed E-state index contributed by atoms with van der Waals surface area (Å²) in [5.41, 5.74) is 0. The SMILES string of the molecule is CC(=O)N1CCC[C@@H](C(=O)NCC(F)(F)C(F)F)C1. The summed E-state index contributed by atoms with van der Waals surface area (Å²) in [5, 5.41) is 1.83. The number of hydrogen-bond acceptors (Lipinski definition) is 2. The summed E-state index contributed by atoms with van der Waals surface area (Å²) in [5.74, 6) is -5.77. The van der Waals surface area contributed by atoms with Crippen molar-refractivity contribution < 1.29 is 27.2 Å². The molecule has 0 aromatic heterocycles. The number of piperidine rings is 1. The third-order valence-corrected chi connectivity index (χ3v) is 3.06. The van der Waals surface area contributed by atoms with Gasteiger partial charge in [-0.15, -0.1) is 0 Å². The van der Waals surface area contributed by atoms with E-state index >= 15 is 0 Å². The molecule has 1 atom stereocenters. The first kappa shape index (κ1) is 15.7. The van der Waals surface area contributed by atoms with Crippen LogP contribution in [0.15, 0.2) is 0 Å². The van der Waals surface area contributed by atoms with Crippen molar-refractivity contribution in [1.29, 1.82) is 0 Å². The number of nitrogens with one attached hydrogen (secondary N) is 1. The van der Waals surface area contributed by atoms with Gasteiger partial charge in [0.05, 0.1) is 12.5 Å². The maximum atomic E-state index is 12.6. The van der Waals surface area contributed by atoms with E-state index in [9.17, 15) is 27.2 Å². The molecule has 0 spiro atoms. The second kappa shape index (κ2) is 6.21. The molecule has 0 saturated carbocycles. The van der Waals surface area contributed by atoms with E-state index in [0.29, 0.717) is 19.4 Å². The van der Waals surface area contributed by atoms with Gasteiger partial charge in [-0.25, -0.2) is 8.78 Å². The van der Waals surface area contributed by atoms with Gasteiger partial charge in [-0.1, -0.05) is 0 Å². The molecule has 0 unspecified atom stereocenters. The smallest absolute Gasteiger partial charge is 0.324 e. The van der Waals surface area contributed by atoms with Crippen LogP contribution in [0.25, 0.3) is 0 Å². The van der Waals surface area contributed by atoms with Crippen molar-refractivity contribution in [2.45, 2.75) is 32.1 Å². The van der Waals surface area contributed by atoms with Crippen molar-refractivity contribution in [2.75, 3.05) is 19.6 Å². The largest absolute Gasteiger partial charge is 0.350 e. The molecule has 2 amide bonds. The molecule has 0 aliphatic carbocycles. The van der Waals surface area contributed by atoms with Crippen LogP contribution in [0.3, 0.4) is 0 Å². The molecule has 19 heavy (non-hydrogen) atoms. The number of amides is 2. The van der Waals surface area contributed by atoms with E-state index in [1.807, 2.05) is 5.32 Å². The van der Waals surface area contributed by atoms with Crippen LogP contribution >= 0.6 is 0 Å². The molecule has 0 radical (unpaired) electrons. The summed E-state index contributed by atoms with van der Waals surface area (Å²) in [6.45, 7) is 0.624. The highest BCUT2D eigenvalue weighted by Gasteiger charge is 2.41. The zero-order valence-corrected chi connectivity index (χ0v) is 10.5. The Morgan fingerprint density at radius 2 is 2.05 bits per heavy atom. The van der Waals surface area contributed by atoms with E-state index in [-0.39, 0.29) is 12.5 Å². The molecule has 1 saturated heterocycles. The number of carbonyl (C=O) groups is 2. The number of carbonyl (C=O) groups excluding carboxylic acids is 2. The first-order valence-corrected chi connectivity index (χ1v) is 5.93. The predicted octanol–water partition coefficient (Wildman–Crippen LogP) is 1.26. The Hall–Kier alpha value is -1.34. The van der Waals surface area contributed by atoms with E-state index in [1.165, 1.54) is 11.8 Å². The van der Waals surface area contributed by atoms with Gasteiger partial charge in [-0.05, 0) is 12.8 Å². The van der Waals surface area contributed by atoms with E-state index in [4.69, 9.17) is 0 Å². The number of likely N-dealkylation sites (tertiary alicyclic amines) is 1. The van der Waals surface area contributed by atoms with Gasteiger partial charge in [0.15, 0.2) is 0 Å². The van der Waals surface area contributed by atoms with Crippen LogP contribution in [0.2, 0.25) is 0 Å². The standard InChI is InChI=1S/C11H16F4N2O2/c1-7(18)17-4-2-3-8(5-17)9(19)16-6-11(14,15)10(12)13/h8,10H,2-6H2,1H3,(H,16,19)/t8-/m1/s1. The van der Waals surface area contributed by atoms with E-state index in [1.54, 1.807) is 0 Å². The molecule has 0 bridgehead atoms. The summed E-state index contributed by atoms with van der Waals surface area (Å²) >= 11 is 0. The monoisotopic (exact) mass is 284 g/mol. The fourth-order valence-corrected chi connectivity index (χ4v) is 1.90. The average molecular weight is 284 g/mol. The second-order valence-electron chi connectivity index (χ2n) is 4.58. The van der Waals surface area contributed by atoms with Crippen molar-refractivity contribution >= 4 is 11.8 Å². The molecule has 0 aromatic carbocycles. The number of hydrogen-bond donors (Lipinski definition) is 1. The number of halogens is 4. The summed E-state index contributed by atoms with van der Waals surface area (Å²) in [4.78, 5) is 24.2. The Morgan fingerprint density at radius 1 is 1.42 bits per heavy atom. The molecule has 1 aliphatic rings. The van der Waals surface area contributed by atoms with Gasteiger partial charge in [0.2, 0.25) is 11.8 Å². The molecule has 1 aliphatic heterocycles. The number of rotatable bonds is 4. The molecule has 110 valence electrons. The number of nitrogens with zero attached hydrogens (tertiary/aromatic N) is 1. The molecule has 1 heterocycles. The normalized spacial score (nSPS) is 20.5. The van der Waals surface area contributed by atoms with E-state index in [0.717, 1.165) is 0 Å². The summed E-state index contributed by atoms with van der Waals surface area (Å²) in [6, 6.07) is 0. The lowest BCUT2D eigenvalue weighted by molar-refractivity contribution is -0.141. The fraction of sp³-hybridized carbons (Fsp3) is 0.818. The Kier molecular flexibility index (Phi) is 5.13. The van der Waals surface area contributed by atoms with Gasteiger partial charge in [-0.3, -0.25) is 9.59 Å². The van der Waals surface area contributed by atoms with Crippen LogP contribution in [-0.4, -0.2) is 48.7 Å². The Labute approximate surface area is 108 Å². The zero-order valence-electron chi connectivity index (χ0n) is 10.5. The zero-order chi connectivity index (χ0) is 14.6. The van der Waals surface area contributed by atoms with Crippen molar-refractivity contribution in [3.8, 4) is 0 Å². The first-order valence-electron chi connectivity index (χ1n) is 5.93. The average Bonchev–Trinajstić information content (AvgIpc) is 2.36. The summed E-state index contributed by atoms with van der Waals surface area (Å²) in [7, 11) is 0. The molecule has 1 rings (SSSR count). The maximum absolute atomic E-state index is 12.6. The van der Waals surface area contributed by atoms with Crippen molar-refractivity contribution in [3.63, 3.8) is 0 Å². The Bertz CT molecular complexity index is 350. The summed E-state index contributed by atoms with van der Waals surface area (Å²) < 4.78 is 49.1. The topological polar surface area (TPSA) is 49.4 Å². The molecule has 1 N–H and O–H groups in total. The minimum atomic E-state index is -4.23. The fourth-order valence-electron chi connectivity index (χ4n) is 1.90. The molecule has 1 fully saturated rings. The third kappa shape index (κ3) is 4.36. The van der Waals surface area contributed by atoms with Gasteiger partial charge >= 0.3 is 12.3 Å². The first-order chi connectivity index (χ1) is 8.74. The number of alkyl halides is 4. The van der Waals surface area contributed by atoms with Gasteiger partial charge in [0.1, 0.15) is 0 Å². The minimum Gasteiger partial charge on any atom is -0.350 e. The highest BCUT2D eigenvalue weighted by Crippen LogP contribution is 2.22. The van der Waals surface area contributed by atoms with Gasteiger partial charge in [-0.2, -0.15) is 8.78 Å². The van der Waals surface area contributed by atoms with Crippen LogP contribution in [0.4, 0.5) is 17.6 Å². The van der Waals surface area contributed by atoms with Crippen molar-refractivity contribution in [2.24, 2.45) is 5.92 Å². The third-order valence-electron chi connectivity index (χ3n) is 3.06. The Morgan fingerprint density at radius 3 is 2.58 bits per heavy atom. The van der Waals surface area contributed by atoms with Crippen molar-refractivity contribution in [1.82, 2.24) is 10.2 Å². The maximum Gasteiger partial charge on any atom is 0.324 e. The lowest BCUT2D eigenvalue weighted by Gasteiger charge is -2.31. The van der Waals surface area contributed by atoms with Gasteiger partial charge in [0, 0.05) is 20.0 Å². The van der Waals surface area contributed by atoms with Crippen molar-refractivity contribution in [3.05, 3.63) is 0 Å². The Balaban J connectivity index is 2.47. The van der Waals surface area contributed by atoms with Crippen LogP contribution < -0.4 is 5.32 Å². The quantitative estimate of drug-likeness (QED) is 0.790. The second-order valence-corrected chi connectivity index (χ2v) is 4.58. The van der Waals surface area contributed by atoms with Gasteiger partial charge in [0.25, 0.3) is 0 Å². The van der Waals surface area contributed by atoms with E-state index in [2.05, 4.69) is 0 Å². The lowest BCUT2D eigenvalue weighted by Crippen LogP contribution is -2.48. The summed E-state index contributed by atoms with van der Waals surface area (Å²) in [6.07, 6.45) is -2.77. The molecular formula is C11H16F4N2O2. The van der Waals surface area contributed by atoms with E-state index < -0.39 is 30.7 Å². The lowest BCUT2D eigenvalue weighted by atomic mass is 9.97. The van der Waals surface area contributed by atoms with Crippen LogP contribution in [0.5, 0.6) is 0 Å². The predicted molar refractivity (Wildman–Crippen MR) is 58.9 cm³/mol. The highest BCUT2D eigenvalue weighted by molar-refractivity contribution is 5.80. The molecule has 4 nitrogen and oxygen atoms in total. The van der Waals surface area contributed by atoms with Crippen LogP contribution in [0.1, 0.15) is 19.8 Å². The molecule has 0 aromatic rings.